The minimum atomic E-state index is -1.27. The van der Waals surface area contributed by atoms with E-state index in [9.17, 15) is 29.2 Å². The van der Waals surface area contributed by atoms with Gasteiger partial charge in [-0.15, -0.1) is 0 Å². The molecule has 1 aromatic heterocycles. The molecule has 3 aromatic carbocycles. The number of carbonyl (C=O) groups is 5. The first kappa shape index (κ1) is 50.5. The van der Waals surface area contributed by atoms with Gasteiger partial charge in [-0.05, 0) is 72.7 Å². The van der Waals surface area contributed by atoms with Gasteiger partial charge in [-0.1, -0.05) is 64.1 Å². The number of nitrogens with two attached hydrogens (primary N) is 4. The number of fused-ring (bicyclic) bond motifs is 5. The van der Waals surface area contributed by atoms with Crippen LogP contribution in [0.4, 0.5) is 5.82 Å². The second-order valence-electron chi connectivity index (χ2n) is 17.8. The fraction of sp³-hybridized carbons (Fsp3) is 0.440. The normalized spacial score (nSPS) is 16.9. The van der Waals surface area contributed by atoms with E-state index in [-0.39, 0.29) is 94.0 Å². The van der Waals surface area contributed by atoms with Crippen molar-refractivity contribution in [1.82, 2.24) is 20.2 Å². The number of rotatable bonds is 17. The topological polar surface area (TPSA) is 273 Å². The van der Waals surface area contributed by atoms with Crippen molar-refractivity contribution in [2.75, 3.05) is 45.6 Å². The first-order valence-corrected chi connectivity index (χ1v) is 22.3. The van der Waals surface area contributed by atoms with Crippen molar-refractivity contribution in [3.05, 3.63) is 88.6 Å². The molecule has 5 rings (SSSR count). The molecule has 0 spiro atoms. The highest BCUT2D eigenvalue weighted by atomic mass is 16.5. The molecule has 66 heavy (non-hydrogen) atoms. The van der Waals surface area contributed by atoms with Crippen LogP contribution in [0.2, 0.25) is 0 Å². The monoisotopic (exact) mass is 901 g/mol. The summed E-state index contributed by atoms with van der Waals surface area (Å²) in [5, 5.41) is 12.1. The number of anilines is 1. The Hall–Kier alpha value is -6.54. The average molecular weight is 902 g/mol. The molecule has 4 atom stereocenters. The Balaban J connectivity index is 1.57. The van der Waals surface area contributed by atoms with Gasteiger partial charge in [0.15, 0.2) is 23.2 Å². The van der Waals surface area contributed by atoms with Crippen molar-refractivity contribution in [1.29, 1.82) is 5.26 Å². The summed E-state index contributed by atoms with van der Waals surface area (Å²) in [6.07, 6.45) is -0.558. The lowest BCUT2D eigenvalue weighted by molar-refractivity contribution is -0.142. The van der Waals surface area contributed by atoms with E-state index in [2.05, 4.69) is 36.1 Å². The number of hydrogen-bond donors (Lipinski definition) is 5. The molecule has 350 valence electrons. The van der Waals surface area contributed by atoms with E-state index in [1.807, 2.05) is 36.4 Å². The molecule has 0 saturated carbocycles. The lowest BCUT2D eigenvalue weighted by atomic mass is 9.86. The Labute approximate surface area is 386 Å². The first-order valence-electron chi connectivity index (χ1n) is 22.3. The number of likely N-dealkylation sites (N-methyl/N-ethyl adjacent to an activating group) is 1. The van der Waals surface area contributed by atoms with E-state index >= 15 is 0 Å². The number of aryl methyl sites for hydroxylation is 1. The lowest BCUT2D eigenvalue weighted by Crippen LogP contribution is -2.46. The number of amides is 2. The summed E-state index contributed by atoms with van der Waals surface area (Å²) >= 11 is 0. The molecule has 1 aliphatic heterocycles. The van der Waals surface area contributed by atoms with Crippen molar-refractivity contribution < 1.29 is 33.4 Å². The molecule has 9 N–H and O–H groups in total. The Bertz CT molecular complexity index is 2440. The SMILES string of the molecule is Cc1nc(-c2ccc(C(C)(C)C)cc2)nc(N)c1C(=O)C[C@@H](CCN)C(=O)N(C)[C@@H]1C(=O)C[C@@H](C)C(=O)N[C@H](C(=O)CCC#N)Cc2ccc(OCCN)c(c2)-c2cc1ccc2OCCN. The molecule has 4 aromatic rings. The van der Waals surface area contributed by atoms with Crippen LogP contribution in [0.1, 0.15) is 98.6 Å². The second kappa shape index (κ2) is 22.6. The zero-order valence-electron chi connectivity index (χ0n) is 38.8. The van der Waals surface area contributed by atoms with Gasteiger partial charge in [-0.25, -0.2) is 9.97 Å². The fourth-order valence-electron chi connectivity index (χ4n) is 8.16. The van der Waals surface area contributed by atoms with Gasteiger partial charge in [0.2, 0.25) is 11.8 Å². The third-order valence-electron chi connectivity index (χ3n) is 11.7. The number of benzene rings is 3. The van der Waals surface area contributed by atoms with Crippen molar-refractivity contribution in [3.63, 3.8) is 0 Å². The summed E-state index contributed by atoms with van der Waals surface area (Å²) in [4.78, 5) is 81.4. The zero-order chi connectivity index (χ0) is 48.3. The van der Waals surface area contributed by atoms with Crippen LogP contribution < -0.4 is 37.7 Å². The highest BCUT2D eigenvalue weighted by Crippen LogP contribution is 2.41. The molecule has 2 heterocycles. The molecule has 2 amide bonds. The van der Waals surface area contributed by atoms with Crippen molar-refractivity contribution in [2.45, 2.75) is 90.6 Å². The van der Waals surface area contributed by atoms with Gasteiger partial charge in [0.1, 0.15) is 36.6 Å². The third-order valence-corrected chi connectivity index (χ3v) is 11.7. The molecular formula is C50H63N9O7. The van der Waals surface area contributed by atoms with Crippen LogP contribution in [-0.2, 0) is 31.0 Å². The Morgan fingerprint density at radius 2 is 1.55 bits per heavy atom. The second-order valence-corrected chi connectivity index (χ2v) is 17.8. The van der Waals surface area contributed by atoms with Crippen LogP contribution >= 0.6 is 0 Å². The number of nitrogens with zero attached hydrogens (tertiary/aromatic N) is 4. The molecule has 0 fully saturated rings. The lowest BCUT2D eigenvalue weighted by Gasteiger charge is -2.32. The number of Topliss-reactive ketones (excluding diaryl/α,β-unsaturated/α-hetero) is 3. The number of nitriles is 1. The van der Waals surface area contributed by atoms with Crippen molar-refractivity contribution >= 4 is 35.0 Å². The van der Waals surface area contributed by atoms with Gasteiger partial charge in [-0.2, -0.15) is 5.26 Å². The molecule has 16 nitrogen and oxygen atoms in total. The minimum absolute atomic E-state index is 0.0273. The maximum atomic E-state index is 14.8. The van der Waals surface area contributed by atoms with Gasteiger partial charge in [0.25, 0.3) is 0 Å². The number of ether oxygens (including phenoxy) is 2. The zero-order valence-corrected chi connectivity index (χ0v) is 38.8. The Morgan fingerprint density at radius 3 is 2.14 bits per heavy atom. The summed E-state index contributed by atoms with van der Waals surface area (Å²) in [6, 6.07) is 18.0. The van der Waals surface area contributed by atoms with Gasteiger partial charge in [0, 0.05) is 74.3 Å². The highest BCUT2D eigenvalue weighted by Gasteiger charge is 2.37. The summed E-state index contributed by atoms with van der Waals surface area (Å²) in [7, 11) is 1.48. The number of hydrogen-bond acceptors (Lipinski definition) is 14. The quantitative estimate of drug-likeness (QED) is 0.0881. The molecule has 1 aliphatic rings. The van der Waals surface area contributed by atoms with Crippen molar-refractivity contribution in [3.8, 4) is 40.1 Å². The summed E-state index contributed by atoms with van der Waals surface area (Å²) in [6.45, 7) is 10.4. The molecule has 16 heteroatoms. The average Bonchev–Trinajstić information content (AvgIpc) is 3.28. The minimum Gasteiger partial charge on any atom is -0.492 e. The van der Waals surface area contributed by atoms with Crippen molar-refractivity contribution in [2.24, 2.45) is 29.0 Å². The van der Waals surface area contributed by atoms with Crippen LogP contribution in [0.15, 0.2) is 60.7 Å². The van der Waals surface area contributed by atoms with Crippen LogP contribution in [0.5, 0.6) is 11.5 Å². The van der Waals surface area contributed by atoms with Crippen LogP contribution in [-0.4, -0.2) is 90.0 Å². The van der Waals surface area contributed by atoms with E-state index in [0.717, 1.165) is 11.1 Å². The number of nitrogen functional groups attached to an aromatic ring is 1. The largest absolute Gasteiger partial charge is 0.492 e. The predicted octanol–water partition coefficient (Wildman–Crippen LogP) is 4.92. The van der Waals surface area contributed by atoms with E-state index in [4.69, 9.17) is 32.4 Å². The summed E-state index contributed by atoms with van der Waals surface area (Å²) in [5.41, 5.74) is 28.6. The molecule has 0 aliphatic carbocycles. The van der Waals surface area contributed by atoms with Gasteiger partial charge >= 0.3 is 0 Å². The van der Waals surface area contributed by atoms with Gasteiger partial charge in [-0.3, -0.25) is 24.0 Å². The predicted molar refractivity (Wildman–Crippen MR) is 252 cm³/mol. The fourth-order valence-corrected chi connectivity index (χ4v) is 8.16. The molecule has 0 unspecified atom stereocenters. The first-order chi connectivity index (χ1) is 31.4. The number of ketones is 3. The molecule has 0 saturated heterocycles. The number of carbonyl (C=O) groups excluding carboxylic acids is 5. The van der Waals surface area contributed by atoms with Gasteiger partial charge < -0.3 is 42.6 Å². The van der Waals surface area contributed by atoms with Crippen LogP contribution in [0.3, 0.4) is 0 Å². The molecule has 0 radical (unpaired) electrons. The number of nitrogens with one attached hydrogen (secondary N) is 1. The van der Waals surface area contributed by atoms with Crippen LogP contribution in [0, 0.1) is 30.1 Å². The Kier molecular flexibility index (Phi) is 17.3. The van der Waals surface area contributed by atoms with Crippen LogP contribution in [0.25, 0.3) is 22.5 Å². The molecular weight excluding hydrogens is 839 g/mol. The smallest absolute Gasteiger partial charge is 0.226 e. The van der Waals surface area contributed by atoms with Gasteiger partial charge in [0.05, 0.1) is 23.4 Å². The third kappa shape index (κ3) is 12.2. The van der Waals surface area contributed by atoms with E-state index in [1.165, 1.54) is 11.9 Å². The van der Waals surface area contributed by atoms with E-state index in [1.54, 1.807) is 44.2 Å². The number of aromatic nitrogens is 2. The maximum Gasteiger partial charge on any atom is 0.226 e. The highest BCUT2D eigenvalue weighted by molar-refractivity contribution is 6.03. The van der Waals surface area contributed by atoms with E-state index < -0.39 is 47.3 Å². The Morgan fingerprint density at radius 1 is 0.909 bits per heavy atom. The standard InChI is InChI=1S/C50H63N9O7/c1-29-24-41(62)45(59(6)49(64)34(17-19-52)28-40(61)44-30(2)56-47(58-46(44)55)32-10-13-35(14-11-32)50(3,4)5)33-12-16-43(66-23-21-54)37(27-33)36-25-31(9-15-42(36)65-22-20-53)26-38(57-48(29)63)39(60)8-7-18-51/h9-16,25,27,29,34,38,45H,7-8,17,19-24,26,28,52-54H2,1-6H3,(H,57,63)(H2,55,56,58)/t29-,34-,38+,45+/m1/s1. The molecule has 4 bridgehead atoms. The maximum absolute atomic E-state index is 14.8. The van der Waals surface area contributed by atoms with E-state index in [0.29, 0.717) is 45.3 Å². The summed E-state index contributed by atoms with van der Waals surface area (Å²) in [5.74, 6) is -3.14. The summed E-state index contributed by atoms with van der Waals surface area (Å²) < 4.78 is 12.2.